The van der Waals surface area contributed by atoms with Gasteiger partial charge in [0.1, 0.15) is 23.1 Å². The lowest BCUT2D eigenvalue weighted by Gasteiger charge is -2.52. The van der Waals surface area contributed by atoms with Gasteiger partial charge in [-0.3, -0.25) is 14.5 Å². The quantitative estimate of drug-likeness (QED) is 0.680. The Kier molecular flexibility index (Phi) is 6.99. The summed E-state index contributed by atoms with van der Waals surface area (Å²) in [5, 5.41) is 3.08. The summed E-state index contributed by atoms with van der Waals surface area (Å²) in [6.07, 6.45) is 1.98. The molecular formula is C28H37N3O3. The Hall–Kier alpha value is -2.86. The number of carbonyl (C=O) groups is 2. The van der Waals surface area contributed by atoms with Gasteiger partial charge in [-0.1, -0.05) is 51.1 Å². The lowest BCUT2D eigenvalue weighted by atomic mass is 9.79. The van der Waals surface area contributed by atoms with Gasteiger partial charge in [0.2, 0.25) is 11.8 Å². The molecule has 0 bridgehead atoms. The third kappa shape index (κ3) is 5.27. The number of ether oxygens (including phenoxy) is 1. The second kappa shape index (κ2) is 9.79. The summed E-state index contributed by atoms with van der Waals surface area (Å²) in [5.41, 5.74) is 0.463. The number of nitrogens with one attached hydrogen (secondary N) is 1. The van der Waals surface area contributed by atoms with Crippen molar-refractivity contribution in [1.82, 2.24) is 15.1 Å². The molecule has 1 atom stereocenters. The van der Waals surface area contributed by atoms with E-state index in [-0.39, 0.29) is 17.2 Å². The van der Waals surface area contributed by atoms with Crippen molar-refractivity contribution in [3.63, 3.8) is 0 Å². The predicted molar refractivity (Wildman–Crippen MR) is 134 cm³/mol. The second-order valence-corrected chi connectivity index (χ2v) is 10.7. The molecule has 2 saturated heterocycles. The fourth-order valence-electron chi connectivity index (χ4n) is 5.21. The molecule has 0 saturated carbocycles. The van der Waals surface area contributed by atoms with Crippen molar-refractivity contribution >= 4 is 11.8 Å². The number of carbonyl (C=O) groups excluding carboxylic acids is 2. The van der Waals surface area contributed by atoms with Crippen LogP contribution in [0.5, 0.6) is 11.5 Å². The molecular weight excluding hydrogens is 426 g/mol. The summed E-state index contributed by atoms with van der Waals surface area (Å²) in [4.78, 5) is 30.8. The Balaban J connectivity index is 1.36. The summed E-state index contributed by atoms with van der Waals surface area (Å²) < 4.78 is 5.89. The van der Waals surface area contributed by atoms with Gasteiger partial charge in [-0.2, -0.15) is 0 Å². The molecule has 2 aromatic carbocycles. The largest absolute Gasteiger partial charge is 0.457 e. The molecule has 2 aliphatic heterocycles. The topological polar surface area (TPSA) is 61.9 Å². The van der Waals surface area contributed by atoms with E-state index in [2.05, 4.69) is 43.1 Å². The zero-order chi connectivity index (χ0) is 24.3. The highest BCUT2D eigenvalue weighted by atomic mass is 16.5. The van der Waals surface area contributed by atoms with Gasteiger partial charge >= 0.3 is 0 Å². The van der Waals surface area contributed by atoms with Crippen LogP contribution in [0.1, 0.15) is 52.5 Å². The molecule has 2 amide bonds. The van der Waals surface area contributed by atoms with Gasteiger partial charge < -0.3 is 15.0 Å². The number of hydrogen-bond acceptors (Lipinski definition) is 4. The van der Waals surface area contributed by atoms with Crippen LogP contribution in [0.2, 0.25) is 0 Å². The Morgan fingerprint density at radius 1 is 0.971 bits per heavy atom. The van der Waals surface area contributed by atoms with Crippen molar-refractivity contribution in [3.8, 4) is 11.5 Å². The fourth-order valence-corrected chi connectivity index (χ4v) is 5.21. The molecule has 34 heavy (non-hydrogen) atoms. The van der Waals surface area contributed by atoms with Gasteiger partial charge in [0.05, 0.1) is 0 Å². The van der Waals surface area contributed by atoms with E-state index in [0.717, 1.165) is 31.1 Å². The number of benzene rings is 2. The average molecular weight is 464 g/mol. The lowest BCUT2D eigenvalue weighted by Crippen LogP contribution is -2.73. The maximum atomic E-state index is 13.3. The summed E-state index contributed by atoms with van der Waals surface area (Å²) in [6.45, 7) is 11.2. The summed E-state index contributed by atoms with van der Waals surface area (Å²) in [7, 11) is 0. The highest BCUT2D eigenvalue weighted by Gasteiger charge is 2.53. The molecule has 2 aromatic rings. The minimum absolute atomic E-state index is 0.0188. The van der Waals surface area contributed by atoms with Crippen molar-refractivity contribution in [2.24, 2.45) is 5.41 Å². The Morgan fingerprint density at radius 3 is 2.18 bits per heavy atom. The Labute approximate surface area is 203 Å². The minimum Gasteiger partial charge on any atom is -0.457 e. The predicted octanol–water partition coefficient (Wildman–Crippen LogP) is 4.60. The first-order valence-electron chi connectivity index (χ1n) is 12.4. The Morgan fingerprint density at radius 2 is 1.59 bits per heavy atom. The SMILES string of the molecule is CCN1C(=O)[C@@H](CC(C)(C)C)NC(=O)C12CCN(Cc1ccc(Oc3ccccc3)cc1)CC2. The molecule has 2 fully saturated rings. The molecule has 4 rings (SSSR count). The number of para-hydroxylation sites is 1. The number of likely N-dealkylation sites (tertiary alicyclic amines) is 1. The van der Waals surface area contributed by atoms with Crippen LogP contribution in [0, 0.1) is 5.41 Å². The van der Waals surface area contributed by atoms with E-state index in [0.29, 0.717) is 25.8 Å². The molecule has 2 aliphatic rings. The number of amides is 2. The number of piperidine rings is 1. The van der Waals surface area contributed by atoms with E-state index in [4.69, 9.17) is 4.74 Å². The molecule has 182 valence electrons. The molecule has 0 radical (unpaired) electrons. The first kappa shape index (κ1) is 24.3. The van der Waals surface area contributed by atoms with E-state index < -0.39 is 11.6 Å². The number of rotatable bonds is 6. The van der Waals surface area contributed by atoms with E-state index in [9.17, 15) is 9.59 Å². The van der Waals surface area contributed by atoms with Crippen LogP contribution in [0.25, 0.3) is 0 Å². The van der Waals surface area contributed by atoms with Crippen molar-refractivity contribution in [3.05, 3.63) is 60.2 Å². The van der Waals surface area contributed by atoms with E-state index >= 15 is 0 Å². The lowest BCUT2D eigenvalue weighted by molar-refractivity contribution is -0.161. The van der Waals surface area contributed by atoms with Crippen LogP contribution in [0.15, 0.2) is 54.6 Å². The van der Waals surface area contributed by atoms with Crippen LogP contribution >= 0.6 is 0 Å². The van der Waals surface area contributed by atoms with Gasteiger partial charge in [-0.25, -0.2) is 0 Å². The van der Waals surface area contributed by atoms with E-state index in [1.54, 1.807) is 0 Å². The van der Waals surface area contributed by atoms with Crippen LogP contribution in [-0.2, 0) is 16.1 Å². The zero-order valence-electron chi connectivity index (χ0n) is 20.8. The molecule has 0 aromatic heterocycles. The van der Waals surface area contributed by atoms with Crippen molar-refractivity contribution in [1.29, 1.82) is 0 Å². The van der Waals surface area contributed by atoms with Gasteiger partial charge in [-0.05, 0) is 61.4 Å². The summed E-state index contributed by atoms with van der Waals surface area (Å²) in [5.74, 6) is 1.72. The normalized spacial score (nSPS) is 20.9. The smallest absolute Gasteiger partial charge is 0.246 e. The van der Waals surface area contributed by atoms with Gasteiger partial charge in [-0.15, -0.1) is 0 Å². The van der Waals surface area contributed by atoms with Crippen LogP contribution in [-0.4, -0.2) is 52.8 Å². The first-order chi connectivity index (χ1) is 16.2. The highest BCUT2D eigenvalue weighted by molar-refractivity contribution is 6.00. The molecule has 1 N–H and O–H groups in total. The standard InChI is InChI=1S/C28H37N3O3/c1-5-31-25(32)24(19-27(2,3)4)29-26(33)28(31)15-17-30(18-16-28)20-21-11-13-23(14-12-21)34-22-9-7-6-8-10-22/h6-14,24H,5,15-20H2,1-4H3,(H,29,33)/t24-/m1/s1. The zero-order valence-corrected chi connectivity index (χ0v) is 20.8. The summed E-state index contributed by atoms with van der Waals surface area (Å²) in [6, 6.07) is 17.5. The average Bonchev–Trinajstić information content (AvgIpc) is 2.80. The van der Waals surface area contributed by atoms with E-state index in [1.165, 1.54) is 5.56 Å². The van der Waals surface area contributed by atoms with Crippen molar-refractivity contribution in [2.75, 3.05) is 19.6 Å². The van der Waals surface area contributed by atoms with Crippen molar-refractivity contribution < 1.29 is 14.3 Å². The first-order valence-corrected chi connectivity index (χ1v) is 12.4. The number of likely N-dealkylation sites (N-methyl/N-ethyl adjacent to an activating group) is 1. The summed E-state index contributed by atoms with van der Waals surface area (Å²) >= 11 is 0. The molecule has 6 heteroatoms. The Bertz CT molecular complexity index is 990. The second-order valence-electron chi connectivity index (χ2n) is 10.7. The van der Waals surface area contributed by atoms with E-state index in [1.807, 2.05) is 54.3 Å². The molecule has 0 aliphatic carbocycles. The molecule has 6 nitrogen and oxygen atoms in total. The van der Waals surface area contributed by atoms with Crippen LogP contribution in [0.4, 0.5) is 0 Å². The third-order valence-electron chi connectivity index (χ3n) is 6.93. The number of piperazine rings is 1. The number of hydrogen-bond donors (Lipinski definition) is 1. The maximum absolute atomic E-state index is 13.3. The maximum Gasteiger partial charge on any atom is 0.246 e. The monoisotopic (exact) mass is 463 g/mol. The third-order valence-corrected chi connectivity index (χ3v) is 6.93. The van der Waals surface area contributed by atoms with Gasteiger partial charge in [0.25, 0.3) is 0 Å². The highest BCUT2D eigenvalue weighted by Crippen LogP contribution is 2.35. The van der Waals surface area contributed by atoms with Crippen LogP contribution in [0.3, 0.4) is 0 Å². The van der Waals surface area contributed by atoms with Crippen LogP contribution < -0.4 is 10.1 Å². The van der Waals surface area contributed by atoms with Crippen molar-refractivity contribution in [2.45, 2.75) is 65.1 Å². The minimum atomic E-state index is -0.718. The molecule has 0 unspecified atom stereocenters. The van der Waals surface area contributed by atoms with Gasteiger partial charge in [0.15, 0.2) is 0 Å². The molecule has 2 heterocycles. The number of nitrogens with zero attached hydrogens (tertiary/aromatic N) is 2. The fraction of sp³-hybridized carbons (Fsp3) is 0.500. The molecule has 1 spiro atoms. The van der Waals surface area contributed by atoms with Gasteiger partial charge in [0, 0.05) is 26.2 Å².